The van der Waals surface area contributed by atoms with Gasteiger partial charge in [-0.05, 0) is 61.7 Å². The number of fused-ring (bicyclic) bond motifs is 5. The topological polar surface area (TPSA) is 74.6 Å². The van der Waals surface area contributed by atoms with Crippen molar-refractivity contribution < 1.29 is 19.8 Å². The summed E-state index contributed by atoms with van der Waals surface area (Å²) in [4.78, 5) is 25.4. The van der Waals surface area contributed by atoms with Crippen molar-refractivity contribution in [1.82, 2.24) is 0 Å². The van der Waals surface area contributed by atoms with Gasteiger partial charge in [0.25, 0.3) is 0 Å². The molecule has 4 fully saturated rings. The Morgan fingerprint density at radius 2 is 1.62 bits per heavy atom. The number of aliphatic hydroxyl groups excluding tert-OH is 2. The van der Waals surface area contributed by atoms with Gasteiger partial charge in [-0.15, -0.1) is 0 Å². The van der Waals surface area contributed by atoms with Gasteiger partial charge in [-0.25, -0.2) is 0 Å². The first kappa shape index (κ1) is 26.3. The number of rotatable bonds is 1. The highest BCUT2D eigenvalue weighted by Crippen LogP contribution is 2.64. The highest BCUT2D eigenvalue weighted by molar-refractivity contribution is 5.95. The Labute approximate surface area is 178 Å². The molecule has 0 radical (unpaired) electrons. The predicted octanol–water partition coefficient (Wildman–Crippen LogP) is 5.19. The minimum atomic E-state index is -0.309. The van der Waals surface area contributed by atoms with E-state index in [2.05, 4.69) is 13.8 Å². The van der Waals surface area contributed by atoms with E-state index in [1.54, 1.807) is 0 Å². The van der Waals surface area contributed by atoms with Crippen LogP contribution >= 0.6 is 0 Å². The molecule has 4 aliphatic carbocycles. The van der Waals surface area contributed by atoms with Gasteiger partial charge in [0.15, 0.2) is 0 Å². The smallest absolute Gasteiger partial charge is 0.139 e. The highest BCUT2D eigenvalue weighted by Gasteiger charge is 2.62. The van der Waals surface area contributed by atoms with Gasteiger partial charge in [-0.2, -0.15) is 0 Å². The number of Topliss-reactive ketones (excluding diaryl/α,β-unsaturated/α-hetero) is 2. The van der Waals surface area contributed by atoms with Gasteiger partial charge in [-0.3, -0.25) is 9.59 Å². The lowest BCUT2D eigenvalue weighted by molar-refractivity contribution is -0.159. The molecule has 29 heavy (non-hydrogen) atoms. The molecular formula is C25H46O4. The summed E-state index contributed by atoms with van der Waals surface area (Å²) in [5.41, 5.74) is -0.0681. The van der Waals surface area contributed by atoms with Gasteiger partial charge in [0, 0.05) is 37.9 Å². The fraction of sp³-hybridized carbons (Fsp3) is 0.920. The summed E-state index contributed by atoms with van der Waals surface area (Å²) >= 11 is 0. The lowest BCUT2D eigenvalue weighted by atomic mass is 9.45. The lowest BCUT2D eigenvalue weighted by Crippen LogP contribution is -2.56. The number of carbonyl (C=O) groups excluding carboxylic acids is 2. The average Bonchev–Trinajstić information content (AvgIpc) is 3.04. The predicted molar refractivity (Wildman–Crippen MR) is 119 cm³/mol. The van der Waals surface area contributed by atoms with Crippen molar-refractivity contribution in [1.29, 1.82) is 0 Å². The second-order valence-electron chi connectivity index (χ2n) is 9.52. The van der Waals surface area contributed by atoms with Crippen molar-refractivity contribution >= 4 is 11.6 Å². The first-order chi connectivity index (χ1) is 13.9. The molecule has 0 aromatic rings. The molecule has 4 nitrogen and oxygen atoms in total. The Bertz CT molecular complexity index is 529. The Morgan fingerprint density at radius 1 is 1.00 bits per heavy atom. The van der Waals surface area contributed by atoms with Crippen LogP contribution in [0, 0.1) is 34.5 Å². The minimum absolute atomic E-state index is 0.241. The number of hydrogen-bond acceptors (Lipinski definition) is 4. The molecule has 0 aliphatic heterocycles. The van der Waals surface area contributed by atoms with Crippen LogP contribution in [0.1, 0.15) is 98.8 Å². The maximum atomic E-state index is 13.0. The molecule has 0 aromatic heterocycles. The molecule has 2 N–H and O–H groups in total. The third kappa shape index (κ3) is 4.95. The molecule has 6 atom stereocenters. The number of aliphatic hydroxyl groups is 2. The average molecular weight is 411 g/mol. The molecule has 4 heteroatoms. The number of carbonyl (C=O) groups is 2. The van der Waals surface area contributed by atoms with E-state index in [9.17, 15) is 9.59 Å². The van der Waals surface area contributed by atoms with Crippen molar-refractivity contribution in [3.8, 4) is 0 Å². The largest absolute Gasteiger partial charge is 0.400 e. The minimum Gasteiger partial charge on any atom is -0.400 e. The second kappa shape index (κ2) is 11.6. The molecule has 0 bridgehead atoms. The first-order valence-corrected chi connectivity index (χ1v) is 12.0. The van der Waals surface area contributed by atoms with E-state index in [4.69, 9.17) is 10.2 Å². The summed E-state index contributed by atoms with van der Waals surface area (Å²) in [6.45, 7) is 10.8. The fourth-order valence-corrected chi connectivity index (χ4v) is 6.89. The Balaban J connectivity index is 0.000000463. The monoisotopic (exact) mass is 410 g/mol. The van der Waals surface area contributed by atoms with E-state index in [-0.39, 0.29) is 16.7 Å². The Kier molecular flexibility index (Phi) is 10.5. The van der Waals surface area contributed by atoms with E-state index in [0.717, 1.165) is 32.3 Å². The summed E-state index contributed by atoms with van der Waals surface area (Å²) < 4.78 is 0. The second-order valence-corrected chi connectivity index (χ2v) is 9.52. The zero-order chi connectivity index (χ0) is 22.2. The van der Waals surface area contributed by atoms with E-state index in [1.807, 2.05) is 20.8 Å². The molecule has 6 unspecified atom stereocenters. The van der Waals surface area contributed by atoms with E-state index in [1.165, 1.54) is 38.5 Å². The molecule has 4 aliphatic rings. The Hall–Kier alpha value is -0.740. The quantitative estimate of drug-likeness (QED) is 0.624. The van der Waals surface area contributed by atoms with Crippen LogP contribution in [-0.4, -0.2) is 35.5 Å². The lowest BCUT2D eigenvalue weighted by Gasteiger charge is -2.58. The standard InChI is InChI=1S/C19H28O2.C3H8O.C2H6.CH4O/c1-18-10-4-3-5-12(18)6-7-13-14-8-9-16(21)19(14,2)11-15(20)17(13)18;1-2-3-4;2*1-2/h12-14,17H,3-11H2,1-2H3;4H,2-3H2,1H3;1-2H3;2H,1H3. The highest BCUT2D eigenvalue weighted by atomic mass is 16.3. The molecule has 4 saturated carbocycles. The summed E-state index contributed by atoms with van der Waals surface area (Å²) in [6, 6.07) is 0. The third-order valence-electron chi connectivity index (χ3n) is 8.20. The van der Waals surface area contributed by atoms with Gasteiger partial charge in [0.1, 0.15) is 11.6 Å². The van der Waals surface area contributed by atoms with Crippen LogP contribution in [0.15, 0.2) is 0 Å². The molecule has 0 heterocycles. The van der Waals surface area contributed by atoms with Crippen LogP contribution in [-0.2, 0) is 9.59 Å². The molecule has 0 saturated heterocycles. The summed E-state index contributed by atoms with van der Waals surface area (Å²) in [5.74, 6) is 2.83. The normalized spacial score (nSPS) is 39.9. The van der Waals surface area contributed by atoms with Crippen LogP contribution in [0.5, 0.6) is 0 Å². The van der Waals surface area contributed by atoms with Gasteiger partial charge in [0.2, 0.25) is 0 Å². The summed E-state index contributed by atoms with van der Waals surface area (Å²) in [7, 11) is 1.00. The molecule has 0 amide bonds. The first-order valence-electron chi connectivity index (χ1n) is 12.0. The van der Waals surface area contributed by atoms with Crippen LogP contribution in [0.4, 0.5) is 0 Å². The SMILES string of the molecule is CC.CC12CC(=O)C3C(CCC4CCCCC43C)C1CCC2=O.CCCO.CO. The van der Waals surface area contributed by atoms with Gasteiger partial charge in [0.05, 0.1) is 0 Å². The van der Waals surface area contributed by atoms with Crippen LogP contribution in [0.25, 0.3) is 0 Å². The number of hydrogen-bond donors (Lipinski definition) is 2. The van der Waals surface area contributed by atoms with Gasteiger partial charge >= 0.3 is 0 Å². The fourth-order valence-electron chi connectivity index (χ4n) is 6.89. The maximum absolute atomic E-state index is 13.0. The van der Waals surface area contributed by atoms with E-state index < -0.39 is 0 Å². The molecule has 0 spiro atoms. The third-order valence-corrected chi connectivity index (χ3v) is 8.20. The zero-order valence-electron chi connectivity index (χ0n) is 19.8. The number of ketones is 2. The van der Waals surface area contributed by atoms with Crippen molar-refractivity contribution in [2.24, 2.45) is 34.5 Å². The van der Waals surface area contributed by atoms with Crippen molar-refractivity contribution in [3.63, 3.8) is 0 Å². The van der Waals surface area contributed by atoms with Crippen molar-refractivity contribution in [2.75, 3.05) is 13.7 Å². The molecule has 4 rings (SSSR count). The Morgan fingerprint density at radius 3 is 2.21 bits per heavy atom. The van der Waals surface area contributed by atoms with Crippen molar-refractivity contribution in [2.45, 2.75) is 98.8 Å². The summed E-state index contributed by atoms with van der Waals surface area (Å²) in [6.07, 6.45) is 10.9. The zero-order valence-corrected chi connectivity index (χ0v) is 19.8. The van der Waals surface area contributed by atoms with Crippen molar-refractivity contribution in [3.05, 3.63) is 0 Å². The molecule has 0 aromatic carbocycles. The van der Waals surface area contributed by atoms with Crippen LogP contribution in [0.3, 0.4) is 0 Å². The van der Waals surface area contributed by atoms with Crippen LogP contribution < -0.4 is 0 Å². The van der Waals surface area contributed by atoms with Gasteiger partial charge in [-0.1, -0.05) is 47.5 Å². The van der Waals surface area contributed by atoms with Crippen LogP contribution in [0.2, 0.25) is 0 Å². The molecule has 170 valence electrons. The maximum Gasteiger partial charge on any atom is 0.139 e. The summed E-state index contributed by atoms with van der Waals surface area (Å²) in [5, 5.41) is 14.9. The van der Waals surface area contributed by atoms with E-state index in [0.29, 0.717) is 36.4 Å². The molecular weight excluding hydrogens is 364 g/mol. The van der Waals surface area contributed by atoms with Gasteiger partial charge < -0.3 is 10.2 Å². The van der Waals surface area contributed by atoms with E-state index >= 15 is 0 Å².